The Kier molecular flexibility index (Phi) is 4.80. The molecule has 3 nitrogen and oxygen atoms in total. The summed E-state index contributed by atoms with van der Waals surface area (Å²) in [6.07, 6.45) is -4.97. The Morgan fingerprint density at radius 2 is 1.86 bits per heavy atom. The van der Waals surface area contributed by atoms with E-state index in [9.17, 15) is 18.0 Å². The van der Waals surface area contributed by atoms with Crippen LogP contribution in [0.4, 0.5) is 13.2 Å². The fraction of sp³-hybridized carbons (Fsp3) is 0.562. The van der Waals surface area contributed by atoms with Crippen molar-refractivity contribution in [2.24, 2.45) is 0 Å². The lowest BCUT2D eigenvalue weighted by molar-refractivity contribution is -0.154. The Labute approximate surface area is 128 Å². The predicted molar refractivity (Wildman–Crippen MR) is 78.3 cm³/mol. The number of carbonyl (C=O) groups is 1. The number of nitrogens with zero attached hydrogens (tertiary/aromatic N) is 1. The molecule has 22 heavy (non-hydrogen) atoms. The SMILES string of the molecule is CC(C)(CNC(=O)CC(F)(F)F)N1CCc2ccccc2C1. The first kappa shape index (κ1) is 16.8. The van der Waals surface area contributed by atoms with Crippen molar-refractivity contribution in [3.05, 3.63) is 35.4 Å². The van der Waals surface area contributed by atoms with Gasteiger partial charge < -0.3 is 5.32 Å². The number of hydrogen-bond acceptors (Lipinski definition) is 2. The van der Waals surface area contributed by atoms with Crippen LogP contribution in [0.25, 0.3) is 0 Å². The molecule has 1 amide bonds. The number of carbonyl (C=O) groups excluding carboxylic acids is 1. The summed E-state index contributed by atoms with van der Waals surface area (Å²) in [5.74, 6) is -0.974. The second-order valence-corrected chi connectivity index (χ2v) is 6.32. The van der Waals surface area contributed by atoms with E-state index in [1.54, 1.807) is 0 Å². The summed E-state index contributed by atoms with van der Waals surface area (Å²) in [6.45, 7) is 5.66. The van der Waals surface area contributed by atoms with Crippen LogP contribution in [0.3, 0.4) is 0 Å². The van der Waals surface area contributed by atoms with Crippen LogP contribution >= 0.6 is 0 Å². The number of halogens is 3. The normalized spacial score (nSPS) is 16.2. The second kappa shape index (κ2) is 6.28. The number of rotatable bonds is 4. The van der Waals surface area contributed by atoms with E-state index in [0.29, 0.717) is 0 Å². The van der Waals surface area contributed by atoms with Crippen LogP contribution in [0.15, 0.2) is 24.3 Å². The molecule has 0 saturated heterocycles. The van der Waals surface area contributed by atoms with Gasteiger partial charge in [0, 0.05) is 25.2 Å². The summed E-state index contributed by atoms with van der Waals surface area (Å²) in [6, 6.07) is 8.17. The third-order valence-electron chi connectivity index (χ3n) is 4.07. The fourth-order valence-corrected chi connectivity index (χ4v) is 2.68. The Bertz CT molecular complexity index is 540. The average molecular weight is 314 g/mol. The van der Waals surface area contributed by atoms with Gasteiger partial charge in [0.1, 0.15) is 6.42 Å². The van der Waals surface area contributed by atoms with E-state index in [0.717, 1.165) is 19.5 Å². The van der Waals surface area contributed by atoms with Crippen LogP contribution in [0.2, 0.25) is 0 Å². The van der Waals surface area contributed by atoms with Gasteiger partial charge in [0.25, 0.3) is 0 Å². The third kappa shape index (κ3) is 4.47. The molecule has 0 aromatic heterocycles. The summed E-state index contributed by atoms with van der Waals surface area (Å²) in [4.78, 5) is 13.5. The van der Waals surface area contributed by atoms with Crippen LogP contribution in [0.1, 0.15) is 31.4 Å². The van der Waals surface area contributed by atoms with Crippen LogP contribution in [-0.2, 0) is 17.8 Å². The molecular weight excluding hydrogens is 293 g/mol. The number of nitrogens with one attached hydrogen (secondary N) is 1. The van der Waals surface area contributed by atoms with Crippen molar-refractivity contribution in [1.82, 2.24) is 10.2 Å². The third-order valence-corrected chi connectivity index (χ3v) is 4.07. The molecule has 0 aliphatic carbocycles. The highest BCUT2D eigenvalue weighted by molar-refractivity contribution is 5.76. The minimum atomic E-state index is -4.46. The molecule has 122 valence electrons. The fourth-order valence-electron chi connectivity index (χ4n) is 2.68. The molecule has 1 aromatic carbocycles. The van der Waals surface area contributed by atoms with Crippen molar-refractivity contribution in [2.75, 3.05) is 13.1 Å². The van der Waals surface area contributed by atoms with Crippen LogP contribution in [-0.4, -0.2) is 35.6 Å². The molecule has 1 aliphatic heterocycles. The molecular formula is C16H21F3N2O. The quantitative estimate of drug-likeness (QED) is 0.927. The molecule has 0 fully saturated rings. The maximum Gasteiger partial charge on any atom is 0.397 e. The van der Waals surface area contributed by atoms with Crippen molar-refractivity contribution >= 4 is 5.91 Å². The zero-order chi connectivity index (χ0) is 16.4. The van der Waals surface area contributed by atoms with E-state index >= 15 is 0 Å². The number of hydrogen-bond donors (Lipinski definition) is 1. The Hall–Kier alpha value is -1.56. The second-order valence-electron chi connectivity index (χ2n) is 6.32. The first-order chi connectivity index (χ1) is 10.2. The molecule has 2 rings (SSSR count). The highest BCUT2D eigenvalue weighted by atomic mass is 19.4. The molecule has 0 spiro atoms. The Morgan fingerprint density at radius 1 is 1.23 bits per heavy atom. The van der Waals surface area contributed by atoms with Crippen LogP contribution < -0.4 is 5.32 Å². The zero-order valence-electron chi connectivity index (χ0n) is 12.8. The topological polar surface area (TPSA) is 32.3 Å². The minimum Gasteiger partial charge on any atom is -0.354 e. The highest BCUT2D eigenvalue weighted by Crippen LogP contribution is 2.25. The summed E-state index contributed by atoms with van der Waals surface area (Å²) < 4.78 is 36.5. The van der Waals surface area contributed by atoms with E-state index in [4.69, 9.17) is 0 Å². The number of alkyl halides is 3. The molecule has 1 heterocycles. The monoisotopic (exact) mass is 314 g/mol. The molecule has 0 bridgehead atoms. The molecule has 1 aliphatic rings. The van der Waals surface area contributed by atoms with Crippen molar-refractivity contribution in [3.8, 4) is 0 Å². The lowest BCUT2D eigenvalue weighted by Crippen LogP contribution is -2.53. The standard InChI is InChI=1S/C16H21F3N2O/c1-15(2,11-20-14(22)9-16(17,18)19)21-8-7-12-5-3-4-6-13(12)10-21/h3-6H,7-11H2,1-2H3,(H,20,22). The minimum absolute atomic E-state index is 0.198. The molecule has 6 heteroatoms. The predicted octanol–water partition coefficient (Wildman–Crippen LogP) is 2.89. The zero-order valence-corrected chi connectivity index (χ0v) is 12.8. The van der Waals surface area contributed by atoms with Gasteiger partial charge in [0.15, 0.2) is 0 Å². The molecule has 0 unspecified atom stereocenters. The van der Waals surface area contributed by atoms with Crippen molar-refractivity contribution < 1.29 is 18.0 Å². The van der Waals surface area contributed by atoms with Gasteiger partial charge in [-0.15, -0.1) is 0 Å². The van der Waals surface area contributed by atoms with Crippen LogP contribution in [0, 0.1) is 0 Å². The van der Waals surface area contributed by atoms with Gasteiger partial charge >= 0.3 is 6.18 Å². The van der Waals surface area contributed by atoms with Crippen molar-refractivity contribution in [3.63, 3.8) is 0 Å². The van der Waals surface area contributed by atoms with E-state index in [2.05, 4.69) is 22.3 Å². The highest BCUT2D eigenvalue weighted by Gasteiger charge is 2.33. The maximum absolute atomic E-state index is 12.2. The van der Waals surface area contributed by atoms with Gasteiger partial charge in [-0.2, -0.15) is 13.2 Å². The molecule has 0 saturated carbocycles. The van der Waals surface area contributed by atoms with E-state index < -0.39 is 24.0 Å². The molecule has 1 N–H and O–H groups in total. The van der Waals surface area contributed by atoms with E-state index in [1.165, 1.54) is 11.1 Å². The van der Waals surface area contributed by atoms with Gasteiger partial charge in [-0.1, -0.05) is 24.3 Å². The van der Waals surface area contributed by atoms with Gasteiger partial charge in [0.2, 0.25) is 5.91 Å². The van der Waals surface area contributed by atoms with Gasteiger partial charge in [-0.3, -0.25) is 9.69 Å². The Morgan fingerprint density at radius 3 is 2.50 bits per heavy atom. The van der Waals surface area contributed by atoms with Crippen molar-refractivity contribution in [1.29, 1.82) is 0 Å². The smallest absolute Gasteiger partial charge is 0.354 e. The van der Waals surface area contributed by atoms with Crippen molar-refractivity contribution in [2.45, 2.75) is 44.9 Å². The van der Waals surface area contributed by atoms with Gasteiger partial charge in [-0.25, -0.2) is 0 Å². The van der Waals surface area contributed by atoms with E-state index in [-0.39, 0.29) is 6.54 Å². The number of amides is 1. The number of benzene rings is 1. The molecule has 0 atom stereocenters. The van der Waals surface area contributed by atoms with Gasteiger partial charge in [-0.05, 0) is 31.4 Å². The summed E-state index contributed by atoms with van der Waals surface area (Å²) in [5.41, 5.74) is 2.16. The summed E-state index contributed by atoms with van der Waals surface area (Å²) in [5, 5.41) is 2.40. The summed E-state index contributed by atoms with van der Waals surface area (Å²) in [7, 11) is 0. The van der Waals surface area contributed by atoms with Crippen LogP contribution in [0.5, 0.6) is 0 Å². The molecule has 1 aromatic rings. The first-order valence-electron chi connectivity index (χ1n) is 7.33. The average Bonchev–Trinajstić information content (AvgIpc) is 2.43. The Balaban J connectivity index is 1.93. The largest absolute Gasteiger partial charge is 0.397 e. The molecule has 0 radical (unpaired) electrons. The van der Waals surface area contributed by atoms with Gasteiger partial charge in [0.05, 0.1) is 0 Å². The number of fused-ring (bicyclic) bond motifs is 1. The van der Waals surface area contributed by atoms with E-state index in [1.807, 2.05) is 26.0 Å². The lowest BCUT2D eigenvalue weighted by atomic mass is 9.94. The first-order valence-corrected chi connectivity index (χ1v) is 7.33. The summed E-state index contributed by atoms with van der Waals surface area (Å²) >= 11 is 0. The maximum atomic E-state index is 12.2. The lowest BCUT2D eigenvalue weighted by Gasteiger charge is -2.41.